The van der Waals surface area contributed by atoms with Crippen LogP contribution in [-0.2, 0) is 19.4 Å². The predicted molar refractivity (Wildman–Crippen MR) is 97.7 cm³/mol. The summed E-state index contributed by atoms with van der Waals surface area (Å²) in [5, 5.41) is 22.7. The molecule has 134 valence electrons. The number of nitrogens with zero attached hydrogens (tertiary/aromatic N) is 3. The molecule has 1 aromatic carbocycles. The second-order valence-electron chi connectivity index (χ2n) is 5.94. The molecule has 4 rings (SSSR count). The Bertz CT molecular complexity index is 935. The molecule has 0 radical (unpaired) electrons. The van der Waals surface area contributed by atoms with Gasteiger partial charge >= 0.3 is 0 Å². The number of ether oxygens (including phenoxy) is 1. The molecule has 8 nitrogen and oxygen atoms in total. The van der Waals surface area contributed by atoms with Gasteiger partial charge in [0.15, 0.2) is 5.69 Å². The number of rotatable bonds is 5. The lowest BCUT2D eigenvalue weighted by Crippen LogP contribution is -2.25. The van der Waals surface area contributed by atoms with Gasteiger partial charge in [0, 0.05) is 37.2 Å². The summed E-state index contributed by atoms with van der Waals surface area (Å²) in [4.78, 5) is 12.5. The van der Waals surface area contributed by atoms with E-state index in [1.54, 1.807) is 7.11 Å². The van der Waals surface area contributed by atoms with Crippen LogP contribution in [0.1, 0.15) is 32.3 Å². The molecule has 1 aliphatic heterocycles. The molecule has 0 atom stereocenters. The lowest BCUT2D eigenvalue weighted by atomic mass is 10.1. The lowest BCUT2D eigenvalue weighted by molar-refractivity contribution is 0.102. The normalized spacial score (nSPS) is 13.3. The van der Waals surface area contributed by atoms with Crippen molar-refractivity contribution < 1.29 is 9.53 Å². The number of aromatic amines is 1. The Morgan fingerprint density at radius 1 is 1.38 bits per heavy atom. The third-order valence-electron chi connectivity index (χ3n) is 4.20. The standard InChI is InChI=1S/C17H18N6O2S/c1-25-11-4-2-3-10(7-11)8-14-21-23-17(26-14)19-16(24)15-12-9-18-6-5-13(12)20-22-15/h2-4,7,18H,5-6,8-9H2,1H3,(H,20,22)(H,19,23,24). The van der Waals surface area contributed by atoms with Crippen molar-refractivity contribution in [2.75, 3.05) is 19.0 Å². The highest BCUT2D eigenvalue weighted by atomic mass is 32.1. The van der Waals surface area contributed by atoms with Gasteiger partial charge in [-0.3, -0.25) is 15.2 Å². The van der Waals surface area contributed by atoms with Gasteiger partial charge in [0.05, 0.1) is 7.11 Å². The number of nitrogens with one attached hydrogen (secondary N) is 3. The van der Waals surface area contributed by atoms with Crippen LogP contribution in [0.3, 0.4) is 0 Å². The fourth-order valence-electron chi connectivity index (χ4n) is 2.90. The largest absolute Gasteiger partial charge is 0.497 e. The van der Waals surface area contributed by atoms with E-state index in [4.69, 9.17) is 4.74 Å². The predicted octanol–water partition coefficient (Wildman–Crippen LogP) is 1.76. The Kier molecular flexibility index (Phi) is 4.63. The van der Waals surface area contributed by atoms with E-state index >= 15 is 0 Å². The minimum Gasteiger partial charge on any atom is -0.497 e. The van der Waals surface area contributed by atoms with Gasteiger partial charge in [0.25, 0.3) is 5.91 Å². The highest BCUT2D eigenvalue weighted by Crippen LogP contribution is 2.22. The van der Waals surface area contributed by atoms with E-state index in [-0.39, 0.29) is 5.91 Å². The Labute approximate surface area is 154 Å². The third-order valence-corrected chi connectivity index (χ3v) is 5.04. The summed E-state index contributed by atoms with van der Waals surface area (Å²) >= 11 is 1.36. The monoisotopic (exact) mass is 370 g/mol. The summed E-state index contributed by atoms with van der Waals surface area (Å²) in [5.41, 5.74) is 3.43. The average Bonchev–Trinajstić information content (AvgIpc) is 3.28. The van der Waals surface area contributed by atoms with Crippen molar-refractivity contribution in [3.05, 3.63) is 51.8 Å². The number of hydrogen-bond acceptors (Lipinski definition) is 7. The number of carbonyl (C=O) groups is 1. The van der Waals surface area contributed by atoms with Gasteiger partial charge < -0.3 is 10.1 Å². The van der Waals surface area contributed by atoms with Crippen molar-refractivity contribution in [2.24, 2.45) is 0 Å². The second-order valence-corrected chi connectivity index (χ2v) is 7.00. The zero-order chi connectivity index (χ0) is 17.9. The number of fused-ring (bicyclic) bond motifs is 1. The van der Waals surface area contributed by atoms with Crippen LogP contribution < -0.4 is 15.4 Å². The van der Waals surface area contributed by atoms with Crippen LogP contribution in [0.25, 0.3) is 0 Å². The van der Waals surface area contributed by atoms with Crippen molar-refractivity contribution in [3.63, 3.8) is 0 Å². The molecule has 1 amide bonds. The molecule has 0 unspecified atom stereocenters. The number of benzene rings is 1. The van der Waals surface area contributed by atoms with Crippen molar-refractivity contribution in [3.8, 4) is 5.75 Å². The van der Waals surface area contributed by atoms with Gasteiger partial charge in [0.1, 0.15) is 10.8 Å². The van der Waals surface area contributed by atoms with Gasteiger partial charge in [-0.15, -0.1) is 10.2 Å². The van der Waals surface area contributed by atoms with Gasteiger partial charge in [-0.1, -0.05) is 23.5 Å². The molecule has 0 fully saturated rings. The maximum Gasteiger partial charge on any atom is 0.278 e. The summed E-state index contributed by atoms with van der Waals surface area (Å²) < 4.78 is 5.23. The van der Waals surface area contributed by atoms with E-state index in [0.717, 1.165) is 40.5 Å². The van der Waals surface area contributed by atoms with Crippen LogP contribution in [0.4, 0.5) is 5.13 Å². The van der Waals surface area contributed by atoms with Crippen LogP contribution in [-0.4, -0.2) is 40.0 Å². The fourth-order valence-corrected chi connectivity index (χ4v) is 3.67. The quantitative estimate of drug-likeness (QED) is 0.632. The number of H-pyrrole nitrogens is 1. The summed E-state index contributed by atoms with van der Waals surface area (Å²) in [5.74, 6) is 0.535. The third kappa shape index (κ3) is 3.44. The molecule has 3 N–H and O–H groups in total. The lowest BCUT2D eigenvalue weighted by Gasteiger charge is -2.12. The van der Waals surface area contributed by atoms with E-state index in [0.29, 0.717) is 23.8 Å². The topological polar surface area (TPSA) is 105 Å². The number of aromatic nitrogens is 4. The summed E-state index contributed by atoms with van der Waals surface area (Å²) in [6, 6.07) is 7.80. The molecule has 0 aliphatic carbocycles. The molecular formula is C17H18N6O2S. The number of carbonyl (C=O) groups excluding carboxylic acids is 1. The number of hydrogen-bond donors (Lipinski definition) is 3. The van der Waals surface area contributed by atoms with Gasteiger partial charge in [0.2, 0.25) is 5.13 Å². The number of anilines is 1. The zero-order valence-corrected chi connectivity index (χ0v) is 15.0. The molecule has 0 spiro atoms. The molecular weight excluding hydrogens is 352 g/mol. The highest BCUT2D eigenvalue weighted by Gasteiger charge is 2.22. The van der Waals surface area contributed by atoms with E-state index in [1.807, 2.05) is 24.3 Å². The molecule has 3 heterocycles. The zero-order valence-electron chi connectivity index (χ0n) is 14.2. The van der Waals surface area contributed by atoms with Crippen molar-refractivity contribution >= 4 is 22.4 Å². The van der Waals surface area contributed by atoms with Crippen molar-refractivity contribution in [1.82, 2.24) is 25.7 Å². The molecule has 0 saturated heterocycles. The van der Waals surface area contributed by atoms with Gasteiger partial charge in [-0.2, -0.15) is 5.10 Å². The number of methoxy groups -OCH3 is 1. The van der Waals surface area contributed by atoms with Crippen LogP contribution in [0.2, 0.25) is 0 Å². The average molecular weight is 370 g/mol. The Morgan fingerprint density at radius 3 is 3.19 bits per heavy atom. The van der Waals surface area contributed by atoms with Crippen LogP contribution in [0.15, 0.2) is 24.3 Å². The summed E-state index contributed by atoms with van der Waals surface area (Å²) in [6.45, 7) is 1.53. The van der Waals surface area contributed by atoms with Crippen molar-refractivity contribution in [2.45, 2.75) is 19.4 Å². The van der Waals surface area contributed by atoms with E-state index in [9.17, 15) is 4.79 Å². The minimum atomic E-state index is -0.268. The Morgan fingerprint density at radius 2 is 2.31 bits per heavy atom. The first-order valence-corrected chi connectivity index (χ1v) is 9.08. The molecule has 3 aromatic rings. The first-order valence-electron chi connectivity index (χ1n) is 8.26. The molecule has 0 bridgehead atoms. The Hall–Kier alpha value is -2.78. The van der Waals surface area contributed by atoms with E-state index in [1.165, 1.54) is 11.3 Å². The fraction of sp³-hybridized carbons (Fsp3) is 0.294. The van der Waals surface area contributed by atoms with Gasteiger partial charge in [-0.25, -0.2) is 0 Å². The molecule has 9 heteroatoms. The molecule has 1 aliphatic rings. The number of amides is 1. The SMILES string of the molecule is COc1cccc(Cc2nnc(NC(=O)c3n[nH]c4c3CNCC4)s2)c1. The van der Waals surface area contributed by atoms with Crippen LogP contribution in [0, 0.1) is 0 Å². The van der Waals surface area contributed by atoms with Crippen LogP contribution >= 0.6 is 11.3 Å². The summed E-state index contributed by atoms with van der Waals surface area (Å²) in [6.07, 6.45) is 1.48. The second kappa shape index (κ2) is 7.22. The molecule has 2 aromatic heterocycles. The smallest absolute Gasteiger partial charge is 0.278 e. The van der Waals surface area contributed by atoms with Crippen molar-refractivity contribution in [1.29, 1.82) is 0 Å². The highest BCUT2D eigenvalue weighted by molar-refractivity contribution is 7.15. The van der Waals surface area contributed by atoms with E-state index < -0.39 is 0 Å². The maximum absolute atomic E-state index is 12.5. The van der Waals surface area contributed by atoms with Crippen LogP contribution in [0.5, 0.6) is 5.75 Å². The molecule has 26 heavy (non-hydrogen) atoms. The minimum absolute atomic E-state index is 0.268. The molecule has 0 saturated carbocycles. The maximum atomic E-state index is 12.5. The van der Waals surface area contributed by atoms with Gasteiger partial charge in [-0.05, 0) is 17.7 Å². The first kappa shape index (κ1) is 16.7. The first-order chi connectivity index (χ1) is 12.7. The summed E-state index contributed by atoms with van der Waals surface area (Å²) in [7, 11) is 1.64. The van der Waals surface area contributed by atoms with E-state index in [2.05, 4.69) is 31.0 Å². The Balaban J connectivity index is 1.45.